The molecule has 9 nitrogen and oxygen atoms in total. The average molecular weight is 1090 g/mol. The van der Waals surface area contributed by atoms with Crippen molar-refractivity contribution in [3.63, 3.8) is 0 Å². The summed E-state index contributed by atoms with van der Waals surface area (Å²) in [6.07, 6.45) is 25.0. The summed E-state index contributed by atoms with van der Waals surface area (Å²) in [6.45, 7) is 0. The maximum Gasteiger partial charge on any atom is 1.00 e. The molecule has 0 radical (unpaired) electrons. The van der Waals surface area contributed by atoms with E-state index in [4.69, 9.17) is 0 Å². The van der Waals surface area contributed by atoms with Gasteiger partial charge in [0.05, 0.1) is 0 Å². The summed E-state index contributed by atoms with van der Waals surface area (Å²) < 4.78 is 0. The number of nitrogens with one attached hydrogen (secondary N) is 2. The third-order valence-electron chi connectivity index (χ3n) is 4.05. The molecule has 246 valence electrons. The van der Waals surface area contributed by atoms with E-state index in [1.807, 2.05) is 152 Å². The van der Waals surface area contributed by atoms with E-state index < -0.39 is 0 Å². The number of halogens is 2. The van der Waals surface area contributed by atoms with Crippen LogP contribution in [0.1, 0.15) is 0 Å². The molecule has 0 aliphatic carbocycles. The number of hydrogen-bond donors (Lipinski definition) is 0. The summed E-state index contributed by atoms with van der Waals surface area (Å²) >= 11 is 0. The first kappa shape index (κ1) is 57.4. The van der Waals surface area contributed by atoms with Crippen molar-refractivity contribution in [3.8, 4) is 0 Å². The fourth-order valence-corrected chi connectivity index (χ4v) is 2.25. The van der Waals surface area contributed by atoms with Gasteiger partial charge in [-0.2, -0.15) is 0 Å². The van der Waals surface area contributed by atoms with Crippen molar-refractivity contribution in [2.75, 3.05) is 0 Å². The van der Waals surface area contributed by atoms with Gasteiger partial charge in [0.15, 0.2) is 24.8 Å². The van der Waals surface area contributed by atoms with E-state index in [1.165, 1.54) is 0 Å². The topological polar surface area (TPSA) is 150 Å². The van der Waals surface area contributed by atoms with Gasteiger partial charge in [-0.25, -0.2) is 9.97 Å². The molecule has 0 spiro atoms. The van der Waals surface area contributed by atoms with Gasteiger partial charge in [0.25, 0.3) is 0 Å². The van der Waals surface area contributed by atoms with E-state index in [0.717, 1.165) is 0 Å². The van der Waals surface area contributed by atoms with E-state index in [2.05, 4.69) is 34.9 Å². The van der Waals surface area contributed by atoms with Crippen LogP contribution in [0.3, 0.4) is 0 Å². The minimum atomic E-state index is 0. The molecule has 2 N–H and O–H groups in total. The van der Waals surface area contributed by atoms with Gasteiger partial charge in [0.2, 0.25) is 0 Å². The molecule has 0 aromatic carbocycles. The Morgan fingerprint density at radius 1 is 0.250 bits per heavy atom. The third-order valence-corrected chi connectivity index (χ3v) is 4.05. The largest absolute Gasteiger partial charge is 2.00 e. The van der Waals surface area contributed by atoms with Crippen molar-refractivity contribution in [1.29, 1.82) is 0 Å². The predicted octanol–water partition coefficient (Wildman–Crippen LogP) is -2.82. The molecule has 0 saturated heterocycles. The van der Waals surface area contributed by atoms with Crippen LogP contribution in [0.5, 0.6) is 0 Å². The quantitative estimate of drug-likeness (QED) is 0.119. The first-order valence-electron chi connectivity index (χ1n) is 13.1. The van der Waals surface area contributed by atoms with Crippen molar-refractivity contribution < 1.29 is 119 Å². The number of aromatic amines is 2. The summed E-state index contributed by atoms with van der Waals surface area (Å²) in [7, 11) is 0. The molecule has 0 aliphatic heterocycles. The van der Waals surface area contributed by atoms with Gasteiger partial charge >= 0.3 is 18.9 Å². The number of rotatable bonds is 0. The smallest absolute Gasteiger partial charge is 1.00 e. The summed E-state index contributed by atoms with van der Waals surface area (Å²) in [5.74, 6) is 0. The Balaban J connectivity index is -0.000000105. The molecule has 0 bridgehead atoms. The van der Waals surface area contributed by atoms with E-state index in [9.17, 15) is 0 Å². The summed E-state index contributed by atoms with van der Waals surface area (Å²) in [4.78, 5) is 24.7. The van der Waals surface area contributed by atoms with Crippen LogP contribution >= 0.6 is 0 Å². The first-order valence-corrected chi connectivity index (χ1v) is 13.1. The Morgan fingerprint density at radius 2 is 0.396 bits per heavy atom. The monoisotopic (exact) mass is 1090 g/mol. The standard InChI is InChI=1S/7C5H5N.2HI.Li.2O.U/c7*1-2-4-6-5-3-1;;;;;;/h7*1-5H;2*1H;;;;/q;;;;;;;;;+1;2*-2;. The van der Waals surface area contributed by atoms with Gasteiger partial charge in [0.1, 0.15) is 0 Å². The van der Waals surface area contributed by atoms with E-state index in [0.29, 0.717) is 0 Å². The van der Waals surface area contributed by atoms with Crippen LogP contribution in [-0.2, 0) is 11.0 Å². The van der Waals surface area contributed by atoms with Crippen LogP contribution in [0.15, 0.2) is 214 Å². The van der Waals surface area contributed by atoms with Gasteiger partial charge < -0.3 is 58.9 Å². The van der Waals surface area contributed by atoms with Gasteiger partial charge in [-0.3, -0.25) is 24.9 Å². The minimum Gasteiger partial charge on any atom is -2.00 e. The van der Waals surface area contributed by atoms with E-state index in [-0.39, 0.29) is 109 Å². The second-order valence-electron chi connectivity index (χ2n) is 7.28. The SMILES string of the molecule is [I-].[I-].[Li+].[O-2].[O-2].[U].c1cc[nH+]cc1.c1cc[nH+]cc1.c1ccncc1.c1ccncc1.c1ccncc1.c1ccncc1.c1ccncc1. The molecule has 48 heavy (non-hydrogen) atoms. The zero-order valence-electron chi connectivity index (χ0n) is 26.5. The Labute approximate surface area is 354 Å². The molecule has 7 heterocycles. The zero-order chi connectivity index (χ0) is 29.7. The van der Waals surface area contributed by atoms with Crippen molar-refractivity contribution in [3.05, 3.63) is 214 Å². The van der Waals surface area contributed by atoms with Crippen LogP contribution in [0.4, 0.5) is 0 Å². The number of aromatic nitrogens is 7. The molecule has 0 saturated carbocycles. The second kappa shape index (κ2) is 53.6. The molecular formula is C35H37I2LiN7O2U-3. The first-order chi connectivity index (χ1) is 21.0. The molecule has 7 rings (SSSR count). The van der Waals surface area contributed by atoms with E-state index >= 15 is 0 Å². The van der Waals surface area contributed by atoms with Gasteiger partial charge in [-0.05, 0) is 60.7 Å². The van der Waals surface area contributed by atoms with Crippen LogP contribution in [0, 0.1) is 31.1 Å². The maximum atomic E-state index is 3.78. The van der Waals surface area contributed by atoms with Crippen LogP contribution in [-0.4, -0.2) is 24.9 Å². The number of H-pyrrole nitrogens is 2. The minimum absolute atomic E-state index is 0. The Hall–Kier alpha value is -2.92. The molecule has 0 fully saturated rings. The number of pyridine rings is 7. The molecule has 0 atom stereocenters. The van der Waals surface area contributed by atoms with Crippen LogP contribution in [0.25, 0.3) is 0 Å². The van der Waals surface area contributed by atoms with Crippen LogP contribution in [0.2, 0.25) is 0 Å². The van der Waals surface area contributed by atoms with Crippen molar-refractivity contribution in [2.24, 2.45) is 0 Å². The maximum absolute atomic E-state index is 3.78. The molecule has 7 aromatic rings. The predicted molar refractivity (Wildman–Crippen MR) is 169 cm³/mol. The molecule has 0 unspecified atom stereocenters. The molecule has 0 aliphatic rings. The van der Waals surface area contributed by atoms with Crippen molar-refractivity contribution >= 4 is 0 Å². The van der Waals surface area contributed by atoms with E-state index in [1.54, 1.807) is 62.0 Å². The average Bonchev–Trinajstić information content (AvgIpc) is 3.15. The third kappa shape index (κ3) is 49.9. The Morgan fingerprint density at radius 3 is 0.438 bits per heavy atom. The number of hydrogen-bond acceptors (Lipinski definition) is 5. The van der Waals surface area contributed by atoms with Crippen LogP contribution < -0.4 is 76.8 Å². The summed E-state index contributed by atoms with van der Waals surface area (Å²) in [5, 5.41) is 0. The van der Waals surface area contributed by atoms with Crippen molar-refractivity contribution in [1.82, 2.24) is 24.9 Å². The van der Waals surface area contributed by atoms with Gasteiger partial charge in [-0.1, -0.05) is 42.5 Å². The number of nitrogens with zero attached hydrogens (tertiary/aromatic N) is 5. The molecule has 0 amide bonds. The van der Waals surface area contributed by atoms with Gasteiger partial charge in [-0.15, -0.1) is 0 Å². The summed E-state index contributed by atoms with van der Waals surface area (Å²) in [6, 6.07) is 40.3. The second-order valence-corrected chi connectivity index (χ2v) is 7.28. The zero-order valence-corrected chi connectivity index (χ0v) is 35.0. The fourth-order valence-electron chi connectivity index (χ4n) is 2.25. The van der Waals surface area contributed by atoms with Gasteiger partial charge in [0, 0.05) is 117 Å². The molecule has 7 aromatic heterocycles. The Bertz CT molecular complexity index is 878. The molecular weight excluding hydrogens is 1050 g/mol. The molecule has 13 heteroatoms. The Kier molecular flexibility index (Phi) is 64.0. The fraction of sp³-hybridized carbons (Fsp3) is 0. The van der Waals surface area contributed by atoms with Crippen molar-refractivity contribution in [2.45, 2.75) is 0 Å². The normalized spacial score (nSPS) is 7.00. The summed E-state index contributed by atoms with van der Waals surface area (Å²) in [5.41, 5.74) is 0.